The molecule has 3 unspecified atom stereocenters. The number of halogens is 1. The summed E-state index contributed by atoms with van der Waals surface area (Å²) in [6.45, 7) is 8.20. The van der Waals surface area contributed by atoms with E-state index in [9.17, 15) is 4.39 Å². The molecule has 0 spiro atoms. The first-order chi connectivity index (χ1) is 7.03. The second kappa shape index (κ2) is 5.80. The van der Waals surface area contributed by atoms with Crippen LogP contribution in [0.25, 0.3) is 0 Å². The van der Waals surface area contributed by atoms with Crippen LogP contribution in [0.3, 0.4) is 0 Å². The zero-order chi connectivity index (χ0) is 11.3. The van der Waals surface area contributed by atoms with Crippen LogP contribution in [0.2, 0.25) is 0 Å². The molecule has 0 saturated carbocycles. The molecule has 0 bridgehead atoms. The predicted octanol–water partition coefficient (Wildman–Crippen LogP) is 2.53. The van der Waals surface area contributed by atoms with E-state index in [1.807, 2.05) is 0 Å². The van der Waals surface area contributed by atoms with E-state index >= 15 is 0 Å². The van der Waals surface area contributed by atoms with Crippen molar-refractivity contribution in [3.05, 3.63) is 0 Å². The predicted molar refractivity (Wildman–Crippen MR) is 60.8 cm³/mol. The molecule has 1 aliphatic heterocycles. The van der Waals surface area contributed by atoms with E-state index in [-0.39, 0.29) is 6.04 Å². The van der Waals surface area contributed by atoms with Crippen molar-refractivity contribution in [2.45, 2.75) is 51.7 Å². The Morgan fingerprint density at radius 1 is 1.60 bits per heavy atom. The van der Waals surface area contributed by atoms with Gasteiger partial charge in [-0.25, -0.2) is 4.39 Å². The fourth-order valence-electron chi connectivity index (χ4n) is 2.22. The summed E-state index contributed by atoms with van der Waals surface area (Å²) in [5, 5.41) is 3.30. The van der Waals surface area contributed by atoms with Crippen molar-refractivity contribution in [3.8, 4) is 0 Å². The maximum absolute atomic E-state index is 14.2. The molecule has 1 N–H and O–H groups in total. The molecule has 2 nitrogen and oxygen atoms in total. The number of hydrogen-bond acceptors (Lipinski definition) is 2. The van der Waals surface area contributed by atoms with Gasteiger partial charge in [0.25, 0.3) is 0 Å². The van der Waals surface area contributed by atoms with Gasteiger partial charge in [0.05, 0.1) is 13.2 Å². The Balaban J connectivity index is 2.33. The van der Waals surface area contributed by atoms with Gasteiger partial charge in [0.2, 0.25) is 0 Å². The lowest BCUT2D eigenvalue weighted by atomic mass is 9.88. The highest BCUT2D eigenvalue weighted by Gasteiger charge is 2.30. The zero-order valence-corrected chi connectivity index (χ0v) is 10.2. The molecule has 90 valence electrons. The molecule has 0 aliphatic carbocycles. The Morgan fingerprint density at radius 2 is 2.33 bits per heavy atom. The van der Waals surface area contributed by atoms with Crippen LogP contribution in [0.15, 0.2) is 0 Å². The summed E-state index contributed by atoms with van der Waals surface area (Å²) < 4.78 is 19.5. The number of morpholine rings is 1. The minimum Gasteiger partial charge on any atom is -0.379 e. The zero-order valence-electron chi connectivity index (χ0n) is 10.2. The van der Waals surface area contributed by atoms with Gasteiger partial charge in [-0.2, -0.15) is 0 Å². The Hall–Kier alpha value is -0.150. The van der Waals surface area contributed by atoms with Crippen LogP contribution in [-0.2, 0) is 4.74 Å². The van der Waals surface area contributed by atoms with E-state index in [1.165, 1.54) is 0 Å². The van der Waals surface area contributed by atoms with Gasteiger partial charge >= 0.3 is 0 Å². The largest absolute Gasteiger partial charge is 0.379 e. The smallest absolute Gasteiger partial charge is 0.110 e. The Labute approximate surface area is 92.6 Å². The van der Waals surface area contributed by atoms with Gasteiger partial charge in [0, 0.05) is 12.6 Å². The number of ether oxygens (including phenoxy) is 1. The van der Waals surface area contributed by atoms with Crippen LogP contribution in [-0.4, -0.2) is 31.5 Å². The molecule has 15 heavy (non-hydrogen) atoms. The van der Waals surface area contributed by atoms with Crippen LogP contribution >= 0.6 is 0 Å². The summed E-state index contributed by atoms with van der Waals surface area (Å²) in [5.74, 6) is 0.463. The second-order valence-corrected chi connectivity index (χ2v) is 5.06. The molecule has 1 aliphatic rings. The first-order valence-electron chi connectivity index (χ1n) is 6.03. The third kappa shape index (κ3) is 4.94. The maximum Gasteiger partial charge on any atom is 0.110 e. The van der Waals surface area contributed by atoms with Gasteiger partial charge < -0.3 is 10.1 Å². The quantitative estimate of drug-likeness (QED) is 0.764. The standard InChI is InChI=1S/C12H24FNO/c1-4-10(2)7-12(3,13)8-11-9-15-6-5-14-11/h10-11,14H,4-9H2,1-3H3. The molecule has 0 radical (unpaired) electrons. The Bertz CT molecular complexity index is 178. The van der Waals surface area contributed by atoms with Crippen LogP contribution in [0, 0.1) is 5.92 Å². The highest BCUT2D eigenvalue weighted by Crippen LogP contribution is 2.28. The molecule has 1 rings (SSSR count). The van der Waals surface area contributed by atoms with Crippen molar-refractivity contribution in [2.75, 3.05) is 19.8 Å². The number of alkyl halides is 1. The molecule has 0 amide bonds. The lowest BCUT2D eigenvalue weighted by Crippen LogP contribution is -2.45. The fraction of sp³-hybridized carbons (Fsp3) is 1.00. The van der Waals surface area contributed by atoms with Crippen molar-refractivity contribution >= 4 is 0 Å². The average molecular weight is 217 g/mol. The fourth-order valence-corrected chi connectivity index (χ4v) is 2.22. The summed E-state index contributed by atoms with van der Waals surface area (Å²) in [6, 6.07) is 0.192. The van der Waals surface area contributed by atoms with E-state index in [2.05, 4.69) is 19.2 Å². The highest BCUT2D eigenvalue weighted by atomic mass is 19.1. The normalized spacial score (nSPS) is 28.4. The van der Waals surface area contributed by atoms with Crippen molar-refractivity contribution in [2.24, 2.45) is 5.92 Å². The van der Waals surface area contributed by atoms with Gasteiger partial charge in [-0.05, 0) is 25.7 Å². The van der Waals surface area contributed by atoms with Crippen molar-refractivity contribution in [3.63, 3.8) is 0 Å². The monoisotopic (exact) mass is 217 g/mol. The SMILES string of the molecule is CCC(C)CC(C)(F)CC1COCCN1. The maximum atomic E-state index is 14.2. The van der Waals surface area contributed by atoms with E-state index in [1.54, 1.807) is 6.92 Å². The Kier molecular flexibility index (Phi) is 5.00. The molecular weight excluding hydrogens is 193 g/mol. The van der Waals surface area contributed by atoms with Crippen molar-refractivity contribution < 1.29 is 9.13 Å². The van der Waals surface area contributed by atoms with Crippen LogP contribution in [0.1, 0.15) is 40.0 Å². The van der Waals surface area contributed by atoms with E-state index in [0.717, 1.165) is 19.6 Å². The van der Waals surface area contributed by atoms with Crippen molar-refractivity contribution in [1.29, 1.82) is 0 Å². The summed E-state index contributed by atoms with van der Waals surface area (Å²) in [7, 11) is 0. The van der Waals surface area contributed by atoms with Gasteiger partial charge in [-0.3, -0.25) is 0 Å². The summed E-state index contributed by atoms with van der Waals surface area (Å²) >= 11 is 0. The summed E-state index contributed by atoms with van der Waals surface area (Å²) in [5.41, 5.74) is -1.06. The van der Waals surface area contributed by atoms with E-state index < -0.39 is 5.67 Å². The molecule has 3 heteroatoms. The molecule has 1 fully saturated rings. The number of rotatable bonds is 5. The van der Waals surface area contributed by atoms with Gasteiger partial charge in [-0.1, -0.05) is 20.3 Å². The third-order valence-electron chi connectivity index (χ3n) is 3.14. The molecule has 3 atom stereocenters. The van der Waals surface area contributed by atoms with Crippen LogP contribution in [0.4, 0.5) is 4.39 Å². The van der Waals surface area contributed by atoms with E-state index in [4.69, 9.17) is 4.74 Å². The van der Waals surface area contributed by atoms with Gasteiger partial charge in [-0.15, -0.1) is 0 Å². The number of nitrogens with one attached hydrogen (secondary N) is 1. The molecule has 0 aromatic carbocycles. The average Bonchev–Trinajstić information content (AvgIpc) is 2.17. The first kappa shape index (κ1) is 12.9. The van der Waals surface area contributed by atoms with Gasteiger partial charge in [0.1, 0.15) is 5.67 Å². The van der Waals surface area contributed by atoms with Gasteiger partial charge in [0.15, 0.2) is 0 Å². The third-order valence-corrected chi connectivity index (χ3v) is 3.14. The second-order valence-electron chi connectivity index (χ2n) is 5.06. The molecule has 1 saturated heterocycles. The topological polar surface area (TPSA) is 21.3 Å². The lowest BCUT2D eigenvalue weighted by molar-refractivity contribution is 0.0411. The molecule has 0 aromatic rings. The molecule has 1 heterocycles. The highest BCUT2D eigenvalue weighted by molar-refractivity contribution is 4.83. The first-order valence-corrected chi connectivity index (χ1v) is 6.03. The number of hydrogen-bond donors (Lipinski definition) is 1. The minimum absolute atomic E-state index is 0.192. The van der Waals surface area contributed by atoms with E-state index in [0.29, 0.717) is 25.4 Å². The Morgan fingerprint density at radius 3 is 2.87 bits per heavy atom. The lowest BCUT2D eigenvalue weighted by Gasteiger charge is -2.31. The van der Waals surface area contributed by atoms with Crippen LogP contribution < -0.4 is 5.32 Å². The van der Waals surface area contributed by atoms with Crippen LogP contribution in [0.5, 0.6) is 0 Å². The molecule has 0 aromatic heterocycles. The summed E-state index contributed by atoms with van der Waals surface area (Å²) in [6.07, 6.45) is 2.27. The molecular formula is C12H24FNO. The van der Waals surface area contributed by atoms with Crippen molar-refractivity contribution in [1.82, 2.24) is 5.32 Å². The minimum atomic E-state index is -1.06. The summed E-state index contributed by atoms with van der Waals surface area (Å²) in [4.78, 5) is 0.